The van der Waals surface area contributed by atoms with E-state index in [1.54, 1.807) is 26.0 Å². The highest BCUT2D eigenvalue weighted by Crippen LogP contribution is 2.27. The fourth-order valence-electron chi connectivity index (χ4n) is 2.82. The van der Waals surface area contributed by atoms with Crippen molar-refractivity contribution < 1.29 is 14.3 Å². The predicted octanol–water partition coefficient (Wildman–Crippen LogP) is 5.08. The molecule has 152 valence electrons. The zero-order valence-corrected chi connectivity index (χ0v) is 18.4. The molecule has 0 unspecified atom stereocenters. The number of ether oxygens (including phenoxy) is 2. The molecule has 1 aromatic heterocycles. The van der Waals surface area contributed by atoms with E-state index in [2.05, 4.69) is 10.3 Å². The van der Waals surface area contributed by atoms with Crippen molar-refractivity contribution in [3.63, 3.8) is 0 Å². The Balaban J connectivity index is 1.49. The van der Waals surface area contributed by atoms with Gasteiger partial charge in [0.1, 0.15) is 11.5 Å². The number of hydrogen-bond donors (Lipinski definition) is 1. The average Bonchev–Trinajstić information content (AvgIpc) is 3.14. The number of amides is 1. The van der Waals surface area contributed by atoms with Crippen molar-refractivity contribution in [1.29, 1.82) is 0 Å². The summed E-state index contributed by atoms with van der Waals surface area (Å²) in [7, 11) is 3.30. The van der Waals surface area contributed by atoms with Gasteiger partial charge in [0.2, 0.25) is 5.91 Å². The number of methoxy groups -OCH3 is 2. The Kier molecular flexibility index (Phi) is 7.55. The van der Waals surface area contributed by atoms with Crippen molar-refractivity contribution >= 4 is 34.1 Å². The highest BCUT2D eigenvalue weighted by molar-refractivity contribution is 7.97. The maximum absolute atomic E-state index is 12.2. The maximum Gasteiger partial charge on any atom is 0.230 e. The zero-order chi connectivity index (χ0) is 20.6. The normalized spacial score (nSPS) is 10.6. The molecule has 0 bridgehead atoms. The largest absolute Gasteiger partial charge is 0.497 e. The van der Waals surface area contributed by atoms with Gasteiger partial charge in [-0.25, -0.2) is 4.98 Å². The molecule has 0 fully saturated rings. The summed E-state index contributed by atoms with van der Waals surface area (Å²) in [6.45, 7) is 2.02. The van der Waals surface area contributed by atoms with Crippen LogP contribution in [0.5, 0.6) is 11.5 Å². The minimum absolute atomic E-state index is 0.0485. The van der Waals surface area contributed by atoms with Gasteiger partial charge in [-0.1, -0.05) is 29.8 Å². The summed E-state index contributed by atoms with van der Waals surface area (Å²) in [6.07, 6.45) is 0.350. The monoisotopic (exact) mass is 428 g/mol. The van der Waals surface area contributed by atoms with Gasteiger partial charge in [0.25, 0.3) is 0 Å². The second kappa shape index (κ2) is 10.3. The predicted molar refractivity (Wildman–Crippen MR) is 120 cm³/mol. The molecule has 29 heavy (non-hydrogen) atoms. The molecule has 3 rings (SSSR count). The summed E-state index contributed by atoms with van der Waals surface area (Å²) in [5.41, 5.74) is 4.25. The molecule has 0 aliphatic carbocycles. The molecule has 0 atom stereocenters. The molecule has 5 nitrogen and oxygen atoms in total. The van der Waals surface area contributed by atoms with Crippen molar-refractivity contribution in [1.82, 2.24) is 4.98 Å². The lowest BCUT2D eigenvalue weighted by Gasteiger charge is -2.08. The number of thioether (sulfide) groups is 1. The Bertz CT molecular complexity index is 950. The molecule has 1 heterocycles. The number of thiazole rings is 1. The molecule has 0 radical (unpaired) electrons. The fraction of sp³-hybridized carbons (Fsp3) is 0.273. The van der Waals surface area contributed by atoms with Crippen LogP contribution in [0.1, 0.15) is 22.4 Å². The smallest absolute Gasteiger partial charge is 0.230 e. The Labute approximate surface area is 179 Å². The Morgan fingerprint density at radius 3 is 2.52 bits per heavy atom. The summed E-state index contributed by atoms with van der Waals surface area (Å²) in [5.74, 6) is 3.11. The lowest BCUT2D eigenvalue weighted by Crippen LogP contribution is -2.14. The van der Waals surface area contributed by atoms with Crippen molar-refractivity contribution in [3.05, 3.63) is 70.2 Å². The van der Waals surface area contributed by atoms with Gasteiger partial charge in [0.15, 0.2) is 5.13 Å². The van der Waals surface area contributed by atoms with Crippen LogP contribution >= 0.6 is 23.1 Å². The minimum Gasteiger partial charge on any atom is -0.497 e. The number of carbonyl (C=O) groups excluding carboxylic acids is 1. The molecule has 2 aromatic carbocycles. The van der Waals surface area contributed by atoms with Crippen LogP contribution in [0.3, 0.4) is 0 Å². The van der Waals surface area contributed by atoms with Crippen LogP contribution in [-0.2, 0) is 22.7 Å². The van der Waals surface area contributed by atoms with Crippen LogP contribution in [0.2, 0.25) is 0 Å². The number of aryl methyl sites for hydroxylation is 1. The van der Waals surface area contributed by atoms with Crippen molar-refractivity contribution in [2.24, 2.45) is 0 Å². The SMILES string of the molecule is COc1cc(CSCc2csc(NC(=O)Cc3cccc(C)c3)n2)cc(OC)c1. The van der Waals surface area contributed by atoms with E-state index in [1.807, 2.05) is 54.8 Å². The molecule has 3 aromatic rings. The van der Waals surface area contributed by atoms with Crippen LogP contribution in [0, 0.1) is 6.92 Å². The third kappa shape index (κ3) is 6.51. The first-order valence-electron chi connectivity index (χ1n) is 9.15. The maximum atomic E-state index is 12.2. The number of hydrogen-bond acceptors (Lipinski definition) is 6. The number of nitrogens with zero attached hydrogens (tertiary/aromatic N) is 1. The van der Waals surface area contributed by atoms with E-state index in [4.69, 9.17) is 9.47 Å². The molecule has 0 saturated carbocycles. The van der Waals surface area contributed by atoms with Crippen LogP contribution in [-0.4, -0.2) is 25.1 Å². The Morgan fingerprint density at radius 2 is 1.83 bits per heavy atom. The minimum atomic E-state index is -0.0485. The average molecular weight is 429 g/mol. The number of benzene rings is 2. The summed E-state index contributed by atoms with van der Waals surface area (Å²) >= 11 is 3.21. The van der Waals surface area contributed by atoms with Crippen molar-refractivity contribution in [2.45, 2.75) is 24.9 Å². The quantitative estimate of drug-likeness (QED) is 0.515. The van der Waals surface area contributed by atoms with Gasteiger partial charge < -0.3 is 14.8 Å². The number of aromatic nitrogens is 1. The number of carbonyl (C=O) groups is 1. The lowest BCUT2D eigenvalue weighted by molar-refractivity contribution is -0.115. The van der Waals surface area contributed by atoms with Crippen LogP contribution in [0.25, 0.3) is 0 Å². The second-order valence-electron chi connectivity index (χ2n) is 6.57. The van der Waals surface area contributed by atoms with E-state index in [0.29, 0.717) is 11.6 Å². The molecule has 0 aliphatic rings. The van der Waals surface area contributed by atoms with Gasteiger partial charge in [-0.2, -0.15) is 11.8 Å². The topological polar surface area (TPSA) is 60.5 Å². The summed E-state index contributed by atoms with van der Waals surface area (Å²) in [4.78, 5) is 16.8. The van der Waals surface area contributed by atoms with Crippen LogP contribution in [0.15, 0.2) is 47.8 Å². The highest BCUT2D eigenvalue weighted by Gasteiger charge is 2.09. The first-order valence-corrected chi connectivity index (χ1v) is 11.2. The fourth-order valence-corrected chi connectivity index (χ4v) is 4.52. The number of rotatable bonds is 9. The molecular formula is C22H24N2O3S2. The Hall–Kier alpha value is -2.51. The van der Waals surface area contributed by atoms with E-state index < -0.39 is 0 Å². The van der Waals surface area contributed by atoms with E-state index in [9.17, 15) is 4.79 Å². The molecule has 1 amide bonds. The number of anilines is 1. The van der Waals surface area contributed by atoms with Gasteiger partial charge in [0, 0.05) is 23.0 Å². The summed E-state index contributed by atoms with van der Waals surface area (Å²) < 4.78 is 10.6. The second-order valence-corrected chi connectivity index (χ2v) is 8.42. The van der Waals surface area contributed by atoms with E-state index in [-0.39, 0.29) is 5.91 Å². The molecule has 7 heteroatoms. The van der Waals surface area contributed by atoms with Crippen LogP contribution < -0.4 is 14.8 Å². The standard InChI is InChI=1S/C22H24N2O3S2/c1-15-5-4-6-16(7-15)10-21(25)24-22-23-18(14-29-22)13-28-12-17-8-19(26-2)11-20(9-17)27-3/h4-9,11,14H,10,12-13H2,1-3H3,(H,23,24,25). The summed E-state index contributed by atoms with van der Waals surface area (Å²) in [6, 6.07) is 13.9. The highest BCUT2D eigenvalue weighted by atomic mass is 32.2. The van der Waals surface area contributed by atoms with E-state index >= 15 is 0 Å². The van der Waals surface area contributed by atoms with E-state index in [0.717, 1.165) is 45.4 Å². The molecule has 1 N–H and O–H groups in total. The molecular weight excluding hydrogens is 404 g/mol. The van der Waals surface area contributed by atoms with Crippen molar-refractivity contribution in [3.8, 4) is 11.5 Å². The van der Waals surface area contributed by atoms with Gasteiger partial charge in [0.05, 0.1) is 26.3 Å². The first-order chi connectivity index (χ1) is 14.1. The lowest BCUT2D eigenvalue weighted by atomic mass is 10.1. The van der Waals surface area contributed by atoms with Crippen molar-refractivity contribution in [2.75, 3.05) is 19.5 Å². The third-order valence-corrected chi connectivity index (χ3v) is 6.02. The summed E-state index contributed by atoms with van der Waals surface area (Å²) in [5, 5.41) is 5.52. The van der Waals surface area contributed by atoms with Gasteiger partial charge >= 0.3 is 0 Å². The van der Waals surface area contributed by atoms with Gasteiger partial charge in [-0.05, 0) is 30.2 Å². The first kappa shape index (κ1) is 21.2. The van der Waals surface area contributed by atoms with Crippen LogP contribution in [0.4, 0.5) is 5.13 Å². The van der Waals surface area contributed by atoms with Gasteiger partial charge in [-0.3, -0.25) is 4.79 Å². The molecule has 0 aliphatic heterocycles. The number of nitrogens with one attached hydrogen (secondary N) is 1. The van der Waals surface area contributed by atoms with Gasteiger partial charge in [-0.15, -0.1) is 11.3 Å². The molecule has 0 spiro atoms. The van der Waals surface area contributed by atoms with E-state index in [1.165, 1.54) is 11.3 Å². The zero-order valence-electron chi connectivity index (χ0n) is 16.7. The molecule has 0 saturated heterocycles. The Morgan fingerprint density at radius 1 is 1.07 bits per heavy atom. The third-order valence-electron chi connectivity index (χ3n) is 4.18.